The summed E-state index contributed by atoms with van der Waals surface area (Å²) < 4.78 is 32.1. The SMILES string of the molecule is O=S(=O)(O)c1ccc(Cl)cc1N=Nc1c(O)ccc2ccccc12. The summed E-state index contributed by atoms with van der Waals surface area (Å²) >= 11 is 5.85. The van der Waals surface area contributed by atoms with Gasteiger partial charge in [0.05, 0.1) is 0 Å². The first-order chi connectivity index (χ1) is 11.4. The van der Waals surface area contributed by atoms with Crippen molar-refractivity contribution in [1.82, 2.24) is 0 Å². The second-order valence-electron chi connectivity index (χ2n) is 4.94. The lowest BCUT2D eigenvalue weighted by molar-refractivity contribution is 0.477. The van der Waals surface area contributed by atoms with Gasteiger partial charge in [0, 0.05) is 10.4 Å². The first-order valence-corrected chi connectivity index (χ1v) is 8.57. The highest BCUT2D eigenvalue weighted by Gasteiger charge is 2.16. The summed E-state index contributed by atoms with van der Waals surface area (Å²) in [5.74, 6) is -0.104. The first-order valence-electron chi connectivity index (χ1n) is 6.76. The van der Waals surface area contributed by atoms with Crippen LogP contribution in [-0.4, -0.2) is 18.1 Å². The molecule has 0 atom stereocenters. The smallest absolute Gasteiger partial charge is 0.296 e. The van der Waals surface area contributed by atoms with Gasteiger partial charge in [-0.1, -0.05) is 41.9 Å². The predicted molar refractivity (Wildman–Crippen MR) is 91.1 cm³/mol. The molecule has 0 spiro atoms. The van der Waals surface area contributed by atoms with Crippen LogP contribution in [0.15, 0.2) is 69.7 Å². The molecule has 0 saturated carbocycles. The molecule has 0 amide bonds. The number of phenols is 1. The molecule has 0 fully saturated rings. The van der Waals surface area contributed by atoms with Gasteiger partial charge in [0.15, 0.2) is 0 Å². The third-order valence-electron chi connectivity index (χ3n) is 3.34. The Kier molecular flexibility index (Phi) is 4.23. The van der Waals surface area contributed by atoms with Gasteiger partial charge in [-0.15, -0.1) is 10.2 Å². The van der Waals surface area contributed by atoms with Crippen molar-refractivity contribution in [2.45, 2.75) is 4.90 Å². The molecule has 0 aromatic heterocycles. The standard InChI is InChI=1S/C16H11ClN2O4S/c17-11-6-8-15(24(21,22)23)13(9-11)18-19-16-12-4-2-1-3-10(12)5-7-14(16)20/h1-9,20H,(H,21,22,23). The first kappa shape index (κ1) is 16.4. The molecular weight excluding hydrogens is 352 g/mol. The lowest BCUT2D eigenvalue weighted by Crippen LogP contribution is -1.97. The molecule has 0 radical (unpaired) electrons. The molecule has 2 N–H and O–H groups in total. The molecule has 122 valence electrons. The van der Waals surface area contributed by atoms with E-state index in [1.165, 1.54) is 18.2 Å². The van der Waals surface area contributed by atoms with Gasteiger partial charge >= 0.3 is 0 Å². The van der Waals surface area contributed by atoms with E-state index in [1.54, 1.807) is 18.2 Å². The molecule has 6 nitrogen and oxygen atoms in total. The average molecular weight is 363 g/mol. The zero-order valence-corrected chi connectivity index (χ0v) is 13.7. The highest BCUT2D eigenvalue weighted by atomic mass is 35.5. The summed E-state index contributed by atoms with van der Waals surface area (Å²) in [5, 5.41) is 19.6. The number of benzene rings is 3. The van der Waals surface area contributed by atoms with Crippen LogP contribution in [-0.2, 0) is 10.1 Å². The van der Waals surface area contributed by atoms with E-state index in [0.717, 1.165) is 11.5 Å². The van der Waals surface area contributed by atoms with E-state index in [9.17, 15) is 18.1 Å². The van der Waals surface area contributed by atoms with Crippen LogP contribution in [0.5, 0.6) is 5.75 Å². The number of azo groups is 1. The largest absolute Gasteiger partial charge is 0.506 e. The quantitative estimate of drug-likeness (QED) is 0.513. The number of nitrogens with zero attached hydrogens (tertiary/aromatic N) is 2. The zero-order chi connectivity index (χ0) is 17.3. The van der Waals surface area contributed by atoms with Gasteiger partial charge in [-0.05, 0) is 29.7 Å². The van der Waals surface area contributed by atoms with Crippen molar-refractivity contribution in [3.8, 4) is 5.75 Å². The highest BCUT2D eigenvalue weighted by molar-refractivity contribution is 7.86. The van der Waals surface area contributed by atoms with Gasteiger partial charge in [0.2, 0.25) is 0 Å². The van der Waals surface area contributed by atoms with Crippen molar-refractivity contribution in [3.63, 3.8) is 0 Å². The molecule has 0 aliphatic rings. The summed E-state index contributed by atoms with van der Waals surface area (Å²) in [6.45, 7) is 0. The maximum atomic E-state index is 11.4. The lowest BCUT2D eigenvalue weighted by Gasteiger charge is -2.05. The normalized spacial score (nSPS) is 12.1. The Balaban J connectivity index is 2.17. The molecule has 3 aromatic rings. The van der Waals surface area contributed by atoms with Crippen LogP contribution in [0.2, 0.25) is 5.02 Å². The molecule has 0 aliphatic heterocycles. The molecule has 0 saturated heterocycles. The van der Waals surface area contributed by atoms with Crippen molar-refractivity contribution in [1.29, 1.82) is 0 Å². The van der Waals surface area contributed by atoms with E-state index >= 15 is 0 Å². The Morgan fingerprint density at radius 3 is 2.46 bits per heavy atom. The third kappa shape index (κ3) is 3.23. The topological polar surface area (TPSA) is 99.3 Å². The highest BCUT2D eigenvalue weighted by Crippen LogP contribution is 2.37. The van der Waals surface area contributed by atoms with E-state index < -0.39 is 15.0 Å². The van der Waals surface area contributed by atoms with Crippen molar-refractivity contribution < 1.29 is 18.1 Å². The second kappa shape index (κ2) is 6.20. The number of fused-ring (bicyclic) bond motifs is 1. The number of hydrogen-bond donors (Lipinski definition) is 2. The van der Waals surface area contributed by atoms with Gasteiger partial charge in [-0.25, -0.2) is 0 Å². The van der Waals surface area contributed by atoms with E-state index in [4.69, 9.17) is 11.6 Å². The monoisotopic (exact) mass is 362 g/mol. The van der Waals surface area contributed by atoms with Gasteiger partial charge < -0.3 is 5.11 Å². The van der Waals surface area contributed by atoms with Crippen LogP contribution in [0, 0.1) is 0 Å². The summed E-state index contributed by atoms with van der Waals surface area (Å²) in [7, 11) is -4.48. The number of halogens is 1. The van der Waals surface area contributed by atoms with Crippen LogP contribution in [0.3, 0.4) is 0 Å². The van der Waals surface area contributed by atoms with Crippen molar-refractivity contribution >= 4 is 43.9 Å². The summed E-state index contributed by atoms with van der Waals surface area (Å²) in [4.78, 5) is -0.421. The van der Waals surface area contributed by atoms with Crippen LogP contribution >= 0.6 is 11.6 Å². The van der Waals surface area contributed by atoms with E-state index in [0.29, 0.717) is 5.39 Å². The third-order valence-corrected chi connectivity index (χ3v) is 4.47. The zero-order valence-electron chi connectivity index (χ0n) is 12.1. The van der Waals surface area contributed by atoms with Gasteiger partial charge in [-0.2, -0.15) is 8.42 Å². The van der Waals surface area contributed by atoms with E-state index in [2.05, 4.69) is 10.2 Å². The van der Waals surface area contributed by atoms with Crippen LogP contribution in [0.25, 0.3) is 10.8 Å². The Labute approximate surface area is 142 Å². The molecule has 0 bridgehead atoms. The maximum absolute atomic E-state index is 11.4. The molecule has 0 heterocycles. The maximum Gasteiger partial charge on any atom is 0.296 e. The van der Waals surface area contributed by atoms with Gasteiger partial charge in [0.1, 0.15) is 22.0 Å². The number of hydrogen-bond acceptors (Lipinski definition) is 5. The Morgan fingerprint density at radius 2 is 1.71 bits per heavy atom. The fourth-order valence-electron chi connectivity index (χ4n) is 2.24. The van der Waals surface area contributed by atoms with Gasteiger partial charge in [-0.3, -0.25) is 4.55 Å². The minimum Gasteiger partial charge on any atom is -0.506 e. The lowest BCUT2D eigenvalue weighted by atomic mass is 10.1. The fraction of sp³-hybridized carbons (Fsp3) is 0. The summed E-state index contributed by atoms with van der Waals surface area (Å²) in [6, 6.07) is 14.1. The molecule has 0 aliphatic carbocycles. The number of rotatable bonds is 3. The summed E-state index contributed by atoms with van der Waals surface area (Å²) in [5.41, 5.74) is 0.0618. The summed E-state index contributed by atoms with van der Waals surface area (Å²) in [6.07, 6.45) is 0. The number of aromatic hydroxyl groups is 1. The Morgan fingerprint density at radius 1 is 0.958 bits per heavy atom. The molecular formula is C16H11ClN2O4S. The molecule has 24 heavy (non-hydrogen) atoms. The van der Waals surface area contributed by atoms with E-state index in [-0.39, 0.29) is 22.1 Å². The molecule has 3 rings (SSSR count). The van der Waals surface area contributed by atoms with Crippen molar-refractivity contribution in [2.24, 2.45) is 10.2 Å². The Bertz CT molecular complexity index is 1060. The fourth-order valence-corrected chi connectivity index (χ4v) is 3.01. The van der Waals surface area contributed by atoms with E-state index in [1.807, 2.05) is 12.1 Å². The van der Waals surface area contributed by atoms with Gasteiger partial charge in [0.25, 0.3) is 10.1 Å². The minimum atomic E-state index is -4.48. The molecule has 0 unspecified atom stereocenters. The number of phenolic OH excluding ortho intramolecular Hbond substituents is 1. The molecule has 8 heteroatoms. The van der Waals surface area contributed by atoms with Crippen LogP contribution in [0.1, 0.15) is 0 Å². The van der Waals surface area contributed by atoms with Crippen molar-refractivity contribution in [2.75, 3.05) is 0 Å². The van der Waals surface area contributed by atoms with Crippen molar-refractivity contribution in [3.05, 3.63) is 59.6 Å². The average Bonchev–Trinajstić information content (AvgIpc) is 2.53. The molecule has 3 aromatic carbocycles. The second-order valence-corrected chi connectivity index (χ2v) is 6.77. The van der Waals surface area contributed by atoms with Crippen LogP contribution < -0.4 is 0 Å². The Hall–Kier alpha value is -2.48. The van der Waals surface area contributed by atoms with Crippen LogP contribution in [0.4, 0.5) is 11.4 Å². The predicted octanol–water partition coefficient (Wildman–Crippen LogP) is 4.86. The minimum absolute atomic E-state index is 0.104.